The zero-order valence-electron chi connectivity index (χ0n) is 19.9. The van der Waals surface area contributed by atoms with E-state index in [1.165, 1.54) is 10.8 Å². The molecule has 1 fully saturated rings. The maximum atomic E-state index is 12.7. The molecule has 0 radical (unpaired) electrons. The van der Waals surface area contributed by atoms with Crippen LogP contribution in [0.4, 0.5) is 0 Å². The second-order valence-electron chi connectivity index (χ2n) is 11.0. The molecule has 3 rings (SSSR count). The van der Waals surface area contributed by atoms with Crippen LogP contribution >= 0.6 is 0 Å². The van der Waals surface area contributed by atoms with Crippen molar-refractivity contribution in [3.63, 3.8) is 0 Å². The molecule has 3 atom stereocenters. The number of aromatic nitrogens is 2. The Morgan fingerprint density at radius 2 is 1.78 bits per heavy atom. The van der Waals surface area contributed by atoms with Gasteiger partial charge < -0.3 is 10.1 Å². The first-order valence-corrected chi connectivity index (χ1v) is 11.2. The summed E-state index contributed by atoms with van der Waals surface area (Å²) < 4.78 is 7.72. The molecule has 7 nitrogen and oxygen atoms in total. The molecule has 1 unspecified atom stereocenters. The van der Waals surface area contributed by atoms with Gasteiger partial charge in [-0.05, 0) is 35.2 Å². The van der Waals surface area contributed by atoms with Crippen LogP contribution in [0.15, 0.2) is 46.1 Å². The maximum Gasteiger partial charge on any atom is 0.330 e. The number of nitrogens with one attached hydrogen (secondary N) is 2. The minimum atomic E-state index is -0.701. The van der Waals surface area contributed by atoms with E-state index < -0.39 is 23.4 Å². The largest absolute Gasteiger partial charge is 0.354 e. The molecule has 1 saturated heterocycles. The van der Waals surface area contributed by atoms with Crippen LogP contribution in [-0.2, 0) is 11.3 Å². The minimum Gasteiger partial charge on any atom is -0.354 e. The van der Waals surface area contributed by atoms with Gasteiger partial charge >= 0.3 is 5.69 Å². The third-order valence-corrected chi connectivity index (χ3v) is 5.98. The van der Waals surface area contributed by atoms with Crippen LogP contribution in [0.25, 0.3) is 0 Å². The lowest BCUT2D eigenvalue weighted by Gasteiger charge is -2.33. The fraction of sp³-hybridized carbons (Fsp3) is 0.560. The van der Waals surface area contributed by atoms with Gasteiger partial charge in [-0.15, -0.1) is 0 Å². The molecule has 0 aliphatic carbocycles. The molecule has 2 heterocycles. The van der Waals surface area contributed by atoms with E-state index in [9.17, 15) is 14.4 Å². The van der Waals surface area contributed by atoms with Gasteiger partial charge in [-0.1, -0.05) is 71.9 Å². The second kappa shape index (κ2) is 9.06. The topological polar surface area (TPSA) is 93.2 Å². The molecule has 1 aliphatic rings. The maximum absolute atomic E-state index is 12.7. The summed E-state index contributed by atoms with van der Waals surface area (Å²) in [5.41, 5.74) is -0.385. The fourth-order valence-corrected chi connectivity index (χ4v) is 4.34. The molecule has 0 spiro atoms. The summed E-state index contributed by atoms with van der Waals surface area (Å²) in [7, 11) is 0. The first-order chi connectivity index (χ1) is 14.8. The monoisotopic (exact) mass is 441 g/mol. The number of aromatic amines is 1. The number of carbonyl (C=O) groups is 1. The predicted octanol–water partition coefficient (Wildman–Crippen LogP) is 3.85. The third-order valence-electron chi connectivity index (χ3n) is 5.98. The Morgan fingerprint density at radius 3 is 2.38 bits per heavy atom. The third kappa shape index (κ3) is 5.76. The summed E-state index contributed by atoms with van der Waals surface area (Å²) >= 11 is 0. The Balaban J connectivity index is 1.85. The summed E-state index contributed by atoms with van der Waals surface area (Å²) in [5.74, 6) is -0.290. The highest BCUT2D eigenvalue weighted by Crippen LogP contribution is 2.46. The summed E-state index contributed by atoms with van der Waals surface area (Å²) in [6, 6.07) is 9.43. The van der Waals surface area contributed by atoms with Crippen molar-refractivity contribution in [2.24, 2.45) is 16.7 Å². The van der Waals surface area contributed by atoms with Crippen LogP contribution in [0.1, 0.15) is 76.5 Å². The van der Waals surface area contributed by atoms with Gasteiger partial charge in [0.05, 0.1) is 6.10 Å². The van der Waals surface area contributed by atoms with Crippen LogP contribution in [0.2, 0.25) is 0 Å². The summed E-state index contributed by atoms with van der Waals surface area (Å²) in [6.07, 6.45) is 2.28. The number of hydrogen-bond donors (Lipinski definition) is 2. The van der Waals surface area contributed by atoms with E-state index in [1.807, 2.05) is 30.3 Å². The van der Waals surface area contributed by atoms with E-state index in [-0.39, 0.29) is 35.0 Å². The van der Waals surface area contributed by atoms with Crippen molar-refractivity contribution in [2.45, 2.75) is 73.3 Å². The van der Waals surface area contributed by atoms with Crippen molar-refractivity contribution in [3.8, 4) is 0 Å². The van der Waals surface area contributed by atoms with E-state index in [4.69, 9.17) is 4.74 Å². The molecule has 2 N–H and O–H groups in total. The first kappa shape index (κ1) is 24.0. The van der Waals surface area contributed by atoms with Crippen molar-refractivity contribution in [1.82, 2.24) is 14.9 Å². The highest BCUT2D eigenvalue weighted by Gasteiger charge is 2.44. The van der Waals surface area contributed by atoms with Gasteiger partial charge in [0.1, 0.15) is 11.8 Å². The molecule has 174 valence electrons. The average Bonchev–Trinajstić information content (AvgIpc) is 3.09. The molecule has 2 aromatic rings. The number of hydrogen-bond acceptors (Lipinski definition) is 4. The Kier molecular flexibility index (Phi) is 6.79. The molecular formula is C25H35N3O4. The van der Waals surface area contributed by atoms with Crippen molar-refractivity contribution in [1.29, 1.82) is 0 Å². The molecule has 0 saturated carbocycles. The zero-order valence-corrected chi connectivity index (χ0v) is 19.9. The number of amides is 1. The molecule has 1 aromatic heterocycles. The molecular weight excluding hydrogens is 406 g/mol. The summed E-state index contributed by atoms with van der Waals surface area (Å²) in [6.45, 7) is 13.3. The Hall–Kier alpha value is -2.67. The van der Waals surface area contributed by atoms with E-state index in [2.05, 4.69) is 51.8 Å². The Labute approximate surface area is 189 Å². The Morgan fingerprint density at radius 1 is 1.12 bits per heavy atom. The molecule has 7 heteroatoms. The van der Waals surface area contributed by atoms with Gasteiger partial charge in [0, 0.05) is 12.7 Å². The number of nitrogens with zero attached hydrogens (tertiary/aromatic N) is 1. The van der Waals surface area contributed by atoms with E-state index >= 15 is 0 Å². The standard InChI is InChI=1S/C25H35N3O4/c1-24(2,3)13-19-18(25(4,5)6)12-20(32-19)28-15-17(22(30)27-23(28)31)21(29)26-14-16-10-8-7-9-11-16/h7-11,15,18-20H,12-14H2,1-6H3,(H,26,29)(H,27,30,31)/t18?,19-,20-/m1/s1. The van der Waals surface area contributed by atoms with Crippen molar-refractivity contribution >= 4 is 5.91 Å². The van der Waals surface area contributed by atoms with Crippen LogP contribution in [0.5, 0.6) is 0 Å². The quantitative estimate of drug-likeness (QED) is 0.737. The summed E-state index contributed by atoms with van der Waals surface area (Å²) in [5, 5.41) is 2.75. The van der Waals surface area contributed by atoms with Crippen molar-refractivity contribution in [2.75, 3.05) is 0 Å². The zero-order chi connectivity index (χ0) is 23.7. The van der Waals surface area contributed by atoms with E-state index in [1.54, 1.807) is 0 Å². The smallest absolute Gasteiger partial charge is 0.330 e. The van der Waals surface area contributed by atoms with Crippen LogP contribution in [0, 0.1) is 16.7 Å². The van der Waals surface area contributed by atoms with Gasteiger partial charge in [-0.25, -0.2) is 4.79 Å². The number of H-pyrrole nitrogens is 1. The van der Waals surface area contributed by atoms with Crippen molar-refractivity contribution in [3.05, 3.63) is 68.5 Å². The lowest BCUT2D eigenvalue weighted by Crippen LogP contribution is -2.38. The molecule has 32 heavy (non-hydrogen) atoms. The van der Waals surface area contributed by atoms with E-state index in [0.717, 1.165) is 12.0 Å². The lowest BCUT2D eigenvalue weighted by molar-refractivity contribution is -0.0342. The SMILES string of the molecule is CC(C)(C)C[C@H]1O[C@@H](n2cc(C(=O)NCc3ccccc3)c(=O)[nH]c2=O)CC1C(C)(C)C. The van der Waals surface area contributed by atoms with Crippen LogP contribution in [0.3, 0.4) is 0 Å². The van der Waals surface area contributed by atoms with Gasteiger partial charge in [-0.3, -0.25) is 19.1 Å². The lowest BCUT2D eigenvalue weighted by atomic mass is 9.73. The molecule has 1 aliphatic heterocycles. The number of ether oxygens (including phenoxy) is 1. The van der Waals surface area contributed by atoms with Gasteiger partial charge in [0.25, 0.3) is 11.5 Å². The molecule has 0 bridgehead atoms. The molecule has 1 amide bonds. The second-order valence-corrected chi connectivity index (χ2v) is 11.0. The number of rotatable bonds is 5. The Bertz CT molecular complexity index is 1060. The summed E-state index contributed by atoms with van der Waals surface area (Å²) in [4.78, 5) is 40.0. The molecule has 1 aromatic carbocycles. The number of carbonyl (C=O) groups excluding carboxylic acids is 1. The predicted molar refractivity (Wildman–Crippen MR) is 124 cm³/mol. The van der Waals surface area contributed by atoms with Gasteiger partial charge in [-0.2, -0.15) is 0 Å². The van der Waals surface area contributed by atoms with Gasteiger partial charge in [0.2, 0.25) is 0 Å². The normalized spacial score (nSPS) is 21.5. The van der Waals surface area contributed by atoms with Gasteiger partial charge in [0.15, 0.2) is 0 Å². The average molecular weight is 442 g/mol. The van der Waals surface area contributed by atoms with Crippen LogP contribution < -0.4 is 16.6 Å². The number of benzene rings is 1. The highest BCUT2D eigenvalue weighted by molar-refractivity contribution is 5.93. The highest BCUT2D eigenvalue weighted by atomic mass is 16.5. The van der Waals surface area contributed by atoms with Crippen molar-refractivity contribution < 1.29 is 9.53 Å². The van der Waals surface area contributed by atoms with Crippen LogP contribution in [-0.4, -0.2) is 21.6 Å². The van der Waals surface area contributed by atoms with E-state index in [0.29, 0.717) is 6.42 Å². The fourth-order valence-electron chi connectivity index (χ4n) is 4.34. The first-order valence-electron chi connectivity index (χ1n) is 11.2. The minimum absolute atomic E-state index is 0.00759.